The molecule has 2 heteroatoms. The second-order valence-corrected chi connectivity index (χ2v) is 2.25. The van der Waals surface area contributed by atoms with Gasteiger partial charge in [-0.3, -0.25) is 0 Å². The van der Waals surface area contributed by atoms with Gasteiger partial charge in [0.05, 0.1) is 0 Å². The molecular formula is C7H10O2. The van der Waals surface area contributed by atoms with Gasteiger partial charge in [0, 0.05) is 0 Å². The van der Waals surface area contributed by atoms with Crippen LogP contribution in [0.1, 0.15) is 6.92 Å². The van der Waals surface area contributed by atoms with Crippen molar-refractivity contribution in [2.45, 2.75) is 19.1 Å². The molecule has 0 radical (unpaired) electrons. The third-order valence-electron chi connectivity index (χ3n) is 1.34. The first kappa shape index (κ1) is 6.52. The molecule has 0 fully saturated rings. The van der Waals surface area contributed by atoms with Gasteiger partial charge in [-0.1, -0.05) is 23.8 Å². The molecule has 0 saturated carbocycles. The van der Waals surface area contributed by atoms with Crippen LogP contribution in [-0.4, -0.2) is 22.4 Å². The Labute approximate surface area is 54.1 Å². The molecule has 50 valence electrons. The summed E-state index contributed by atoms with van der Waals surface area (Å²) < 4.78 is 0. The molecule has 0 heterocycles. The second-order valence-electron chi connectivity index (χ2n) is 2.25. The zero-order chi connectivity index (χ0) is 6.85. The molecule has 2 atom stereocenters. The van der Waals surface area contributed by atoms with Crippen molar-refractivity contribution in [1.29, 1.82) is 0 Å². The fourth-order valence-corrected chi connectivity index (χ4v) is 0.788. The van der Waals surface area contributed by atoms with Crippen LogP contribution in [0.25, 0.3) is 0 Å². The molecule has 2 nitrogen and oxygen atoms in total. The molecule has 9 heavy (non-hydrogen) atoms. The minimum Gasteiger partial charge on any atom is -0.386 e. The number of aliphatic hydroxyl groups is 2. The van der Waals surface area contributed by atoms with Gasteiger partial charge in [0.1, 0.15) is 12.2 Å². The molecule has 2 unspecified atom stereocenters. The fraction of sp³-hybridized carbons (Fsp3) is 0.429. The molecular weight excluding hydrogens is 116 g/mol. The van der Waals surface area contributed by atoms with Gasteiger partial charge in [-0.25, -0.2) is 0 Å². The summed E-state index contributed by atoms with van der Waals surface area (Å²) in [5.74, 6) is 0. The van der Waals surface area contributed by atoms with E-state index in [1.807, 2.05) is 6.92 Å². The summed E-state index contributed by atoms with van der Waals surface area (Å²) in [6.45, 7) is 1.88. The average Bonchev–Trinajstić information content (AvgIpc) is 1.80. The average molecular weight is 126 g/mol. The standard InChI is InChI=1S/C7H10O2/c1-5-2-3-6(8)7(9)4-5/h2-4,6-9H,1H3. The molecule has 0 aromatic heterocycles. The van der Waals surface area contributed by atoms with Crippen molar-refractivity contribution in [3.8, 4) is 0 Å². The van der Waals surface area contributed by atoms with E-state index in [4.69, 9.17) is 10.2 Å². The Morgan fingerprint density at radius 2 is 2.00 bits per heavy atom. The van der Waals surface area contributed by atoms with Crippen molar-refractivity contribution < 1.29 is 10.2 Å². The number of hydrogen-bond donors (Lipinski definition) is 2. The van der Waals surface area contributed by atoms with Gasteiger partial charge in [0.2, 0.25) is 0 Å². The van der Waals surface area contributed by atoms with Gasteiger partial charge >= 0.3 is 0 Å². The topological polar surface area (TPSA) is 40.5 Å². The van der Waals surface area contributed by atoms with Gasteiger partial charge in [0.25, 0.3) is 0 Å². The van der Waals surface area contributed by atoms with Crippen molar-refractivity contribution in [2.24, 2.45) is 0 Å². The lowest BCUT2D eigenvalue weighted by Crippen LogP contribution is -2.23. The van der Waals surface area contributed by atoms with Gasteiger partial charge in [-0.05, 0) is 6.92 Å². The van der Waals surface area contributed by atoms with Gasteiger partial charge < -0.3 is 10.2 Å². The minimum atomic E-state index is -0.714. The van der Waals surface area contributed by atoms with E-state index in [9.17, 15) is 0 Å². The van der Waals surface area contributed by atoms with Crippen LogP contribution in [0, 0.1) is 0 Å². The Morgan fingerprint density at radius 1 is 1.33 bits per heavy atom. The molecule has 0 amide bonds. The van der Waals surface area contributed by atoms with E-state index in [1.54, 1.807) is 18.2 Å². The van der Waals surface area contributed by atoms with E-state index in [0.29, 0.717) is 0 Å². The smallest absolute Gasteiger partial charge is 0.102 e. The first-order chi connectivity index (χ1) is 4.20. The van der Waals surface area contributed by atoms with Crippen molar-refractivity contribution in [3.63, 3.8) is 0 Å². The molecule has 0 aliphatic heterocycles. The van der Waals surface area contributed by atoms with Crippen molar-refractivity contribution in [1.82, 2.24) is 0 Å². The SMILES string of the molecule is CC1=CC(O)C(O)C=C1. The third kappa shape index (κ3) is 1.40. The Morgan fingerprint density at radius 3 is 2.44 bits per heavy atom. The highest BCUT2D eigenvalue weighted by molar-refractivity contribution is 5.24. The van der Waals surface area contributed by atoms with E-state index in [1.165, 1.54) is 0 Å². The van der Waals surface area contributed by atoms with Crippen molar-refractivity contribution in [2.75, 3.05) is 0 Å². The van der Waals surface area contributed by atoms with Gasteiger partial charge in [0.15, 0.2) is 0 Å². The summed E-state index contributed by atoms with van der Waals surface area (Å²) >= 11 is 0. The predicted octanol–water partition coefficient (Wildman–Crippen LogP) is 0.224. The van der Waals surface area contributed by atoms with Crippen LogP contribution in [0.2, 0.25) is 0 Å². The molecule has 2 N–H and O–H groups in total. The van der Waals surface area contributed by atoms with Gasteiger partial charge in [-0.15, -0.1) is 0 Å². The summed E-state index contributed by atoms with van der Waals surface area (Å²) in [6, 6.07) is 0. The van der Waals surface area contributed by atoms with Crippen LogP contribution in [0.4, 0.5) is 0 Å². The molecule has 1 rings (SSSR count). The zero-order valence-corrected chi connectivity index (χ0v) is 5.28. The summed E-state index contributed by atoms with van der Waals surface area (Å²) in [5.41, 5.74) is 0.993. The number of rotatable bonds is 0. The Kier molecular flexibility index (Phi) is 1.69. The molecule has 0 saturated heterocycles. The lowest BCUT2D eigenvalue weighted by atomic mass is 10.0. The summed E-state index contributed by atoms with van der Waals surface area (Å²) in [6.07, 6.45) is 3.57. The molecule has 0 bridgehead atoms. The summed E-state index contributed by atoms with van der Waals surface area (Å²) in [4.78, 5) is 0. The Bertz CT molecular complexity index is 158. The maximum absolute atomic E-state index is 8.97. The van der Waals surface area contributed by atoms with Crippen molar-refractivity contribution in [3.05, 3.63) is 23.8 Å². The lowest BCUT2D eigenvalue weighted by Gasteiger charge is -2.14. The highest BCUT2D eigenvalue weighted by Crippen LogP contribution is 2.09. The number of aliphatic hydroxyl groups excluding tert-OH is 2. The van der Waals surface area contributed by atoms with Crippen LogP contribution in [0.15, 0.2) is 23.8 Å². The van der Waals surface area contributed by atoms with Crippen molar-refractivity contribution >= 4 is 0 Å². The molecule has 1 aliphatic carbocycles. The predicted molar refractivity (Wildman–Crippen MR) is 34.9 cm³/mol. The van der Waals surface area contributed by atoms with E-state index >= 15 is 0 Å². The minimum absolute atomic E-state index is 0.713. The summed E-state index contributed by atoms with van der Waals surface area (Å²) in [5, 5.41) is 17.9. The van der Waals surface area contributed by atoms with E-state index < -0.39 is 12.2 Å². The molecule has 0 spiro atoms. The molecule has 1 aliphatic rings. The van der Waals surface area contributed by atoms with Crippen LogP contribution < -0.4 is 0 Å². The maximum atomic E-state index is 8.97. The maximum Gasteiger partial charge on any atom is 0.102 e. The highest BCUT2D eigenvalue weighted by atomic mass is 16.3. The third-order valence-corrected chi connectivity index (χ3v) is 1.34. The van der Waals surface area contributed by atoms with E-state index in [-0.39, 0.29) is 0 Å². The number of allylic oxidation sites excluding steroid dienone is 2. The molecule has 0 aromatic rings. The van der Waals surface area contributed by atoms with Crippen LogP contribution in [0.5, 0.6) is 0 Å². The highest BCUT2D eigenvalue weighted by Gasteiger charge is 2.12. The fourth-order valence-electron chi connectivity index (χ4n) is 0.788. The van der Waals surface area contributed by atoms with Crippen LogP contribution in [-0.2, 0) is 0 Å². The largest absolute Gasteiger partial charge is 0.386 e. The van der Waals surface area contributed by atoms with Crippen LogP contribution in [0.3, 0.4) is 0 Å². The number of hydrogen-bond acceptors (Lipinski definition) is 2. The zero-order valence-electron chi connectivity index (χ0n) is 5.28. The normalized spacial score (nSPS) is 34.3. The second kappa shape index (κ2) is 2.33. The monoisotopic (exact) mass is 126 g/mol. The van der Waals surface area contributed by atoms with Gasteiger partial charge in [-0.2, -0.15) is 0 Å². The summed E-state index contributed by atoms with van der Waals surface area (Å²) in [7, 11) is 0. The van der Waals surface area contributed by atoms with Crippen LogP contribution >= 0.6 is 0 Å². The van der Waals surface area contributed by atoms with E-state index in [2.05, 4.69) is 0 Å². The molecule has 0 aromatic carbocycles. The van der Waals surface area contributed by atoms with E-state index in [0.717, 1.165) is 5.57 Å². The first-order valence-electron chi connectivity index (χ1n) is 2.93. The Hall–Kier alpha value is -0.600. The lowest BCUT2D eigenvalue weighted by molar-refractivity contribution is 0.0787. The first-order valence-corrected chi connectivity index (χ1v) is 2.93. The Balaban J connectivity index is 2.70. The quantitative estimate of drug-likeness (QED) is 0.487.